The van der Waals surface area contributed by atoms with E-state index in [9.17, 15) is 4.79 Å². The van der Waals surface area contributed by atoms with Crippen molar-refractivity contribution in [2.45, 2.75) is 52.6 Å². The molecule has 4 aromatic rings. The molecule has 3 heterocycles. The minimum absolute atomic E-state index is 0.164. The number of amides is 1. The predicted molar refractivity (Wildman–Crippen MR) is 132 cm³/mol. The molecular weight excluding hydrogens is 412 g/mol. The van der Waals surface area contributed by atoms with Crippen LogP contribution in [0.15, 0.2) is 61.2 Å². The lowest BCUT2D eigenvalue weighted by atomic mass is 10.1. The lowest BCUT2D eigenvalue weighted by Gasteiger charge is -2.22. The third kappa shape index (κ3) is 5.19. The van der Waals surface area contributed by atoms with Gasteiger partial charge in [0.25, 0.3) is 5.91 Å². The largest absolute Gasteiger partial charge is 0.348 e. The van der Waals surface area contributed by atoms with Crippen LogP contribution in [0, 0.1) is 0 Å². The first-order valence-corrected chi connectivity index (χ1v) is 11.3. The summed E-state index contributed by atoms with van der Waals surface area (Å²) >= 11 is 0. The molecule has 0 atom stereocenters. The first-order chi connectivity index (χ1) is 15.8. The van der Waals surface area contributed by atoms with Crippen molar-refractivity contribution in [3.8, 4) is 0 Å². The molecule has 0 aliphatic heterocycles. The van der Waals surface area contributed by atoms with E-state index in [4.69, 9.17) is 4.98 Å². The Morgan fingerprint density at radius 1 is 1.06 bits per heavy atom. The summed E-state index contributed by atoms with van der Waals surface area (Å²) in [6.45, 7) is 8.85. The number of benzene rings is 1. The maximum absolute atomic E-state index is 13.0. The summed E-state index contributed by atoms with van der Waals surface area (Å²) in [5, 5.41) is 6.98. The Bertz CT molecular complexity index is 1240. The van der Waals surface area contributed by atoms with E-state index in [1.165, 1.54) is 5.56 Å². The average Bonchev–Trinajstić information content (AvgIpc) is 3.19. The maximum atomic E-state index is 13.0. The summed E-state index contributed by atoms with van der Waals surface area (Å²) in [5.74, 6) is 0.333. The first kappa shape index (κ1) is 22.5. The molecule has 0 fully saturated rings. The summed E-state index contributed by atoms with van der Waals surface area (Å²) in [5.41, 5.74) is 4.19. The highest BCUT2D eigenvalue weighted by Crippen LogP contribution is 2.27. The van der Waals surface area contributed by atoms with Crippen molar-refractivity contribution in [2.75, 3.05) is 5.32 Å². The second-order valence-corrected chi connectivity index (χ2v) is 9.13. The van der Waals surface area contributed by atoms with E-state index in [1.54, 1.807) is 18.6 Å². The van der Waals surface area contributed by atoms with Crippen LogP contribution in [-0.4, -0.2) is 25.4 Å². The number of hydrogen-bond acceptors (Lipinski definition) is 5. The van der Waals surface area contributed by atoms with E-state index < -0.39 is 0 Å². The van der Waals surface area contributed by atoms with Crippen molar-refractivity contribution in [2.24, 2.45) is 0 Å². The van der Waals surface area contributed by atoms with Crippen molar-refractivity contribution in [3.05, 3.63) is 77.9 Å². The van der Waals surface area contributed by atoms with E-state index in [1.807, 2.05) is 35.0 Å². The van der Waals surface area contributed by atoms with Crippen molar-refractivity contribution in [1.82, 2.24) is 24.8 Å². The van der Waals surface area contributed by atoms with Gasteiger partial charge < -0.3 is 15.2 Å². The molecule has 0 unspecified atom stereocenters. The van der Waals surface area contributed by atoms with Crippen molar-refractivity contribution >= 4 is 28.6 Å². The zero-order valence-corrected chi connectivity index (χ0v) is 19.6. The summed E-state index contributed by atoms with van der Waals surface area (Å²) in [7, 11) is 0. The molecule has 0 spiro atoms. The zero-order chi connectivity index (χ0) is 23.4. The fraction of sp³-hybridized carbons (Fsp3) is 0.308. The number of fused-ring (bicyclic) bond motifs is 1. The van der Waals surface area contributed by atoms with Crippen LogP contribution in [0.3, 0.4) is 0 Å². The molecule has 2 N–H and O–H groups in total. The van der Waals surface area contributed by atoms with Gasteiger partial charge >= 0.3 is 0 Å². The van der Waals surface area contributed by atoms with Crippen molar-refractivity contribution in [3.63, 3.8) is 0 Å². The van der Waals surface area contributed by atoms with Crippen molar-refractivity contribution in [1.29, 1.82) is 0 Å². The third-order valence-electron chi connectivity index (χ3n) is 5.44. The normalized spacial score (nSPS) is 11.5. The van der Waals surface area contributed by atoms with Gasteiger partial charge in [0.1, 0.15) is 5.65 Å². The molecule has 0 radical (unpaired) electrons. The molecule has 0 aliphatic rings. The standard InChI is InChI=1S/C26H30N6O/c1-5-7-18-9-11-20(12-10-18)30-25-29-16-21-22(17-32(23(21)31-25)26(2,3)4)24(33)28-15-19-8-6-13-27-14-19/h6,8-14,16-17H,5,7,15H2,1-4H3,(H,28,33)(H,29,30,31). The number of nitrogens with zero attached hydrogens (tertiary/aromatic N) is 4. The van der Waals surface area contributed by atoms with Crippen LogP contribution < -0.4 is 10.6 Å². The van der Waals surface area contributed by atoms with Crippen LogP contribution in [-0.2, 0) is 18.5 Å². The second-order valence-electron chi connectivity index (χ2n) is 9.13. The van der Waals surface area contributed by atoms with Gasteiger partial charge in [0.2, 0.25) is 5.95 Å². The highest BCUT2D eigenvalue weighted by Gasteiger charge is 2.23. The predicted octanol–water partition coefficient (Wildman–Crippen LogP) is 5.21. The van der Waals surface area contributed by atoms with E-state index in [-0.39, 0.29) is 11.4 Å². The summed E-state index contributed by atoms with van der Waals surface area (Å²) < 4.78 is 2.03. The number of anilines is 2. The SMILES string of the molecule is CCCc1ccc(Nc2ncc3c(C(=O)NCc4cccnc4)cn(C(C)(C)C)c3n2)cc1. The smallest absolute Gasteiger partial charge is 0.253 e. The number of aryl methyl sites for hydroxylation is 1. The summed E-state index contributed by atoms with van der Waals surface area (Å²) in [6.07, 6.45) is 9.22. The quantitative estimate of drug-likeness (QED) is 0.411. The lowest BCUT2D eigenvalue weighted by Crippen LogP contribution is -2.23. The highest BCUT2D eigenvalue weighted by atomic mass is 16.1. The Morgan fingerprint density at radius 3 is 2.52 bits per heavy atom. The van der Waals surface area contributed by atoms with Gasteiger partial charge in [0.15, 0.2) is 0 Å². The molecule has 0 aliphatic carbocycles. The molecule has 0 bridgehead atoms. The molecule has 1 amide bonds. The molecule has 170 valence electrons. The molecular formula is C26H30N6O. The topological polar surface area (TPSA) is 84.7 Å². The van der Waals surface area contributed by atoms with E-state index in [2.05, 4.69) is 60.4 Å². The number of hydrogen-bond donors (Lipinski definition) is 2. The highest BCUT2D eigenvalue weighted by molar-refractivity contribution is 6.06. The Morgan fingerprint density at radius 2 is 1.85 bits per heavy atom. The monoisotopic (exact) mass is 442 g/mol. The van der Waals surface area contributed by atoms with Gasteiger partial charge in [-0.1, -0.05) is 31.5 Å². The maximum Gasteiger partial charge on any atom is 0.253 e. The van der Waals surface area contributed by atoms with Gasteiger partial charge in [-0.2, -0.15) is 4.98 Å². The van der Waals surface area contributed by atoms with Crippen molar-refractivity contribution < 1.29 is 4.79 Å². The van der Waals surface area contributed by atoms with E-state index >= 15 is 0 Å². The number of pyridine rings is 1. The Labute approximate surface area is 194 Å². The lowest BCUT2D eigenvalue weighted by molar-refractivity contribution is 0.0952. The van der Waals surface area contributed by atoms with Crippen LogP contribution in [0.5, 0.6) is 0 Å². The van der Waals surface area contributed by atoms with Crippen LogP contribution in [0.1, 0.15) is 55.6 Å². The van der Waals surface area contributed by atoms with Gasteiger partial charge in [-0.15, -0.1) is 0 Å². The first-order valence-electron chi connectivity index (χ1n) is 11.3. The third-order valence-corrected chi connectivity index (χ3v) is 5.44. The summed E-state index contributed by atoms with van der Waals surface area (Å²) in [6, 6.07) is 12.1. The Hall–Kier alpha value is -3.74. The molecule has 33 heavy (non-hydrogen) atoms. The van der Waals surface area contributed by atoms with Gasteiger partial charge in [0.05, 0.1) is 10.9 Å². The Balaban J connectivity index is 1.62. The Kier molecular flexibility index (Phi) is 6.40. The number of carbonyl (C=O) groups excluding carboxylic acids is 1. The van der Waals surface area contributed by atoms with Gasteiger partial charge in [0, 0.05) is 42.6 Å². The summed E-state index contributed by atoms with van der Waals surface area (Å²) in [4.78, 5) is 26.4. The van der Waals surface area contributed by atoms with Crippen LogP contribution in [0.4, 0.5) is 11.6 Å². The number of carbonyl (C=O) groups is 1. The molecule has 3 aromatic heterocycles. The number of aromatic nitrogens is 4. The van der Waals surface area contributed by atoms with Crippen LogP contribution >= 0.6 is 0 Å². The number of rotatable bonds is 7. The van der Waals surface area contributed by atoms with Gasteiger partial charge in [-0.3, -0.25) is 9.78 Å². The zero-order valence-electron chi connectivity index (χ0n) is 19.6. The van der Waals surface area contributed by atoms with Crippen LogP contribution in [0.25, 0.3) is 11.0 Å². The molecule has 7 nitrogen and oxygen atoms in total. The molecule has 0 saturated carbocycles. The fourth-order valence-corrected chi connectivity index (χ4v) is 3.71. The van der Waals surface area contributed by atoms with E-state index in [0.717, 1.165) is 29.5 Å². The van der Waals surface area contributed by atoms with Gasteiger partial charge in [-0.05, 0) is 56.5 Å². The second kappa shape index (κ2) is 9.40. The average molecular weight is 443 g/mol. The molecule has 4 rings (SSSR count). The number of nitrogens with one attached hydrogen (secondary N) is 2. The minimum Gasteiger partial charge on any atom is -0.348 e. The van der Waals surface area contributed by atoms with E-state index in [0.29, 0.717) is 23.7 Å². The fourth-order valence-electron chi connectivity index (χ4n) is 3.71. The molecule has 0 saturated heterocycles. The minimum atomic E-state index is -0.256. The van der Waals surface area contributed by atoms with Crippen LogP contribution in [0.2, 0.25) is 0 Å². The molecule has 1 aromatic carbocycles. The molecule has 7 heteroatoms. The van der Waals surface area contributed by atoms with Gasteiger partial charge in [-0.25, -0.2) is 4.98 Å².